The quantitative estimate of drug-likeness (QED) is 0.827. The molecule has 0 saturated carbocycles. The number of hydrogen-bond acceptors (Lipinski definition) is 6. The molecule has 0 aromatic carbocycles. The second-order valence-corrected chi connectivity index (χ2v) is 5.37. The summed E-state index contributed by atoms with van der Waals surface area (Å²) in [4.78, 5) is 4.23. The van der Waals surface area contributed by atoms with Crippen molar-refractivity contribution in [3.8, 4) is 0 Å². The van der Waals surface area contributed by atoms with E-state index in [9.17, 15) is 0 Å². The monoisotopic (exact) mass is 267 g/mol. The van der Waals surface area contributed by atoms with Crippen molar-refractivity contribution in [3.05, 3.63) is 23.4 Å². The van der Waals surface area contributed by atoms with Gasteiger partial charge in [0.1, 0.15) is 11.6 Å². The molecule has 18 heavy (non-hydrogen) atoms. The molecule has 1 atom stereocenters. The molecular formula is C11H17N5OS. The Morgan fingerprint density at radius 2 is 2.11 bits per heavy atom. The summed E-state index contributed by atoms with van der Waals surface area (Å²) in [6.45, 7) is 8.83. The van der Waals surface area contributed by atoms with Crippen LogP contribution >= 0.6 is 11.8 Å². The lowest BCUT2D eigenvalue weighted by Crippen LogP contribution is -2.03. The molecule has 6 nitrogen and oxygen atoms in total. The number of aromatic nitrogens is 5. The summed E-state index contributed by atoms with van der Waals surface area (Å²) in [6, 6.07) is 0. The molecule has 0 amide bonds. The van der Waals surface area contributed by atoms with Crippen molar-refractivity contribution in [2.45, 2.75) is 45.2 Å². The van der Waals surface area contributed by atoms with Gasteiger partial charge in [-0.2, -0.15) is 4.98 Å². The van der Waals surface area contributed by atoms with E-state index in [2.05, 4.69) is 38.8 Å². The minimum atomic E-state index is 0.161. The maximum Gasteiger partial charge on any atom is 0.239 e. The minimum absolute atomic E-state index is 0.161. The van der Waals surface area contributed by atoms with Gasteiger partial charge in [0.15, 0.2) is 5.82 Å². The molecule has 2 heterocycles. The van der Waals surface area contributed by atoms with E-state index in [1.807, 2.05) is 13.8 Å². The number of aryl methyl sites for hydroxylation is 2. The Hall–Kier alpha value is -1.37. The average Bonchev–Trinajstić information content (AvgIpc) is 2.92. The van der Waals surface area contributed by atoms with E-state index >= 15 is 0 Å². The van der Waals surface area contributed by atoms with Gasteiger partial charge in [-0.3, -0.25) is 0 Å². The van der Waals surface area contributed by atoms with Crippen LogP contribution in [0.25, 0.3) is 0 Å². The standard InChI is InChI=1S/C11H17N5OS/c1-5-16-9(4)13-14-10(16)6-18-7(2)11-12-8(3)15-17-11/h7H,5-6H2,1-4H3/t7-/m0/s1. The van der Waals surface area contributed by atoms with Gasteiger partial charge >= 0.3 is 0 Å². The van der Waals surface area contributed by atoms with Gasteiger partial charge in [0, 0.05) is 6.54 Å². The molecule has 2 aromatic rings. The van der Waals surface area contributed by atoms with Crippen LogP contribution in [0.2, 0.25) is 0 Å². The van der Waals surface area contributed by atoms with Crippen LogP contribution in [-0.4, -0.2) is 24.9 Å². The van der Waals surface area contributed by atoms with E-state index in [-0.39, 0.29) is 5.25 Å². The van der Waals surface area contributed by atoms with Gasteiger partial charge in [0.2, 0.25) is 5.89 Å². The Balaban J connectivity index is 1.99. The Morgan fingerprint density at radius 1 is 1.33 bits per heavy atom. The molecule has 0 fully saturated rings. The molecule has 0 aliphatic rings. The summed E-state index contributed by atoms with van der Waals surface area (Å²) in [6.07, 6.45) is 0. The normalized spacial score (nSPS) is 12.9. The first-order chi connectivity index (χ1) is 8.61. The molecule has 7 heteroatoms. The van der Waals surface area contributed by atoms with Crippen LogP contribution in [0.5, 0.6) is 0 Å². The SMILES string of the molecule is CCn1c(C)nnc1CS[C@@H](C)c1nc(C)no1. The Morgan fingerprint density at radius 3 is 2.72 bits per heavy atom. The third-order valence-electron chi connectivity index (χ3n) is 2.68. The molecule has 0 unspecified atom stereocenters. The van der Waals surface area contributed by atoms with Crippen molar-refractivity contribution in [1.82, 2.24) is 24.9 Å². The molecule has 0 radical (unpaired) electrons. The largest absolute Gasteiger partial charge is 0.338 e. The summed E-state index contributed by atoms with van der Waals surface area (Å²) < 4.78 is 7.26. The molecule has 0 bridgehead atoms. The lowest BCUT2D eigenvalue weighted by atomic mass is 10.5. The predicted octanol–water partition coefficient (Wildman–Crippen LogP) is 2.29. The first-order valence-corrected chi connectivity index (χ1v) is 6.97. The van der Waals surface area contributed by atoms with E-state index < -0.39 is 0 Å². The fourth-order valence-corrected chi connectivity index (χ4v) is 2.54. The highest BCUT2D eigenvalue weighted by atomic mass is 32.2. The number of thioether (sulfide) groups is 1. The molecule has 0 aliphatic carbocycles. The molecule has 2 aromatic heterocycles. The highest BCUT2D eigenvalue weighted by Gasteiger charge is 2.15. The van der Waals surface area contributed by atoms with Gasteiger partial charge in [-0.05, 0) is 27.7 Å². The highest BCUT2D eigenvalue weighted by Crippen LogP contribution is 2.29. The zero-order valence-corrected chi connectivity index (χ0v) is 11.9. The van der Waals surface area contributed by atoms with Crippen molar-refractivity contribution >= 4 is 11.8 Å². The zero-order valence-electron chi connectivity index (χ0n) is 11.0. The van der Waals surface area contributed by atoms with Crippen molar-refractivity contribution in [2.75, 3.05) is 0 Å². The second kappa shape index (κ2) is 5.51. The summed E-state index contributed by atoms with van der Waals surface area (Å²) in [7, 11) is 0. The van der Waals surface area contributed by atoms with Crippen LogP contribution < -0.4 is 0 Å². The van der Waals surface area contributed by atoms with Gasteiger partial charge in [0.05, 0.1) is 11.0 Å². The summed E-state index contributed by atoms with van der Waals surface area (Å²) in [5.41, 5.74) is 0. The zero-order chi connectivity index (χ0) is 13.1. The summed E-state index contributed by atoms with van der Waals surface area (Å²) in [5, 5.41) is 12.2. The summed E-state index contributed by atoms with van der Waals surface area (Å²) in [5.74, 6) is 4.07. The fourth-order valence-electron chi connectivity index (χ4n) is 1.69. The molecular weight excluding hydrogens is 250 g/mol. The lowest BCUT2D eigenvalue weighted by Gasteiger charge is -2.07. The van der Waals surface area contributed by atoms with Crippen molar-refractivity contribution in [3.63, 3.8) is 0 Å². The van der Waals surface area contributed by atoms with Gasteiger partial charge in [-0.1, -0.05) is 5.16 Å². The molecule has 0 N–H and O–H groups in total. The van der Waals surface area contributed by atoms with Gasteiger partial charge in [0.25, 0.3) is 0 Å². The third-order valence-corrected chi connectivity index (χ3v) is 3.81. The maximum atomic E-state index is 5.15. The van der Waals surface area contributed by atoms with E-state index in [1.165, 1.54) is 0 Å². The van der Waals surface area contributed by atoms with E-state index in [4.69, 9.17) is 4.52 Å². The Bertz CT molecular complexity index is 521. The maximum absolute atomic E-state index is 5.15. The number of nitrogens with zero attached hydrogens (tertiary/aromatic N) is 5. The van der Waals surface area contributed by atoms with E-state index in [0.717, 1.165) is 23.9 Å². The topological polar surface area (TPSA) is 69.6 Å². The summed E-state index contributed by atoms with van der Waals surface area (Å²) >= 11 is 1.72. The molecule has 0 spiro atoms. The number of hydrogen-bond donors (Lipinski definition) is 0. The van der Waals surface area contributed by atoms with Crippen LogP contribution in [-0.2, 0) is 12.3 Å². The van der Waals surface area contributed by atoms with Gasteiger partial charge in [-0.15, -0.1) is 22.0 Å². The van der Waals surface area contributed by atoms with Gasteiger partial charge < -0.3 is 9.09 Å². The highest BCUT2D eigenvalue weighted by molar-refractivity contribution is 7.98. The van der Waals surface area contributed by atoms with E-state index in [0.29, 0.717) is 11.7 Å². The lowest BCUT2D eigenvalue weighted by molar-refractivity contribution is 0.376. The van der Waals surface area contributed by atoms with Crippen LogP contribution in [0.1, 0.15) is 42.5 Å². The average molecular weight is 267 g/mol. The second-order valence-electron chi connectivity index (χ2n) is 4.04. The van der Waals surface area contributed by atoms with Crippen molar-refractivity contribution < 1.29 is 4.52 Å². The molecule has 98 valence electrons. The van der Waals surface area contributed by atoms with Crippen LogP contribution in [0.4, 0.5) is 0 Å². The van der Waals surface area contributed by atoms with E-state index in [1.54, 1.807) is 11.8 Å². The molecule has 0 aliphatic heterocycles. The molecule has 2 rings (SSSR count). The number of rotatable bonds is 5. The van der Waals surface area contributed by atoms with Crippen LogP contribution in [0.3, 0.4) is 0 Å². The third kappa shape index (κ3) is 2.72. The van der Waals surface area contributed by atoms with Crippen molar-refractivity contribution in [1.29, 1.82) is 0 Å². The fraction of sp³-hybridized carbons (Fsp3) is 0.636. The minimum Gasteiger partial charge on any atom is -0.338 e. The molecule has 0 saturated heterocycles. The predicted molar refractivity (Wildman–Crippen MR) is 69.2 cm³/mol. The van der Waals surface area contributed by atoms with Gasteiger partial charge in [-0.25, -0.2) is 0 Å². The Kier molecular flexibility index (Phi) is 4.00. The van der Waals surface area contributed by atoms with Crippen LogP contribution in [0.15, 0.2) is 4.52 Å². The Labute approximate surface area is 110 Å². The smallest absolute Gasteiger partial charge is 0.239 e. The van der Waals surface area contributed by atoms with Crippen molar-refractivity contribution in [2.24, 2.45) is 0 Å². The first-order valence-electron chi connectivity index (χ1n) is 5.92. The first kappa shape index (κ1) is 13.1. The van der Waals surface area contributed by atoms with Crippen LogP contribution in [0, 0.1) is 13.8 Å².